The topological polar surface area (TPSA) is 88.5 Å². The van der Waals surface area contributed by atoms with E-state index in [1.807, 2.05) is 0 Å². The number of nitrogens with zero attached hydrogens (tertiary/aromatic N) is 1. The predicted octanol–water partition coefficient (Wildman–Crippen LogP) is 0.608. The lowest BCUT2D eigenvalue weighted by Gasteiger charge is -2.06. The highest BCUT2D eigenvalue weighted by Gasteiger charge is 2.15. The number of esters is 1. The van der Waals surface area contributed by atoms with Crippen LogP contribution in [0, 0.1) is 0 Å². The van der Waals surface area contributed by atoms with Crippen molar-refractivity contribution in [1.29, 1.82) is 0 Å². The van der Waals surface area contributed by atoms with Gasteiger partial charge in [0.15, 0.2) is 5.69 Å². The maximum atomic E-state index is 11.2. The molecule has 0 aromatic carbocycles. The number of carbonyl (C=O) groups is 2. The first kappa shape index (κ1) is 11.0. The Morgan fingerprint density at radius 3 is 2.60 bits per heavy atom. The Balaban J connectivity index is 3.20. The molecule has 6 heteroatoms. The zero-order chi connectivity index (χ0) is 11.4. The Hall–Kier alpha value is -2.11. The van der Waals surface area contributed by atoms with Crippen molar-refractivity contribution in [2.24, 2.45) is 0 Å². The number of carbonyl (C=O) groups excluding carboxylic acids is 1. The van der Waals surface area contributed by atoms with E-state index in [0.29, 0.717) is 0 Å². The summed E-state index contributed by atoms with van der Waals surface area (Å²) in [4.78, 5) is 25.6. The van der Waals surface area contributed by atoms with Gasteiger partial charge in [-0.1, -0.05) is 0 Å². The van der Waals surface area contributed by atoms with Gasteiger partial charge in [0.25, 0.3) is 0 Å². The second-order valence-corrected chi connectivity index (χ2v) is 2.64. The van der Waals surface area contributed by atoms with E-state index in [-0.39, 0.29) is 17.1 Å². The van der Waals surface area contributed by atoms with Gasteiger partial charge in [-0.25, -0.2) is 14.6 Å². The molecule has 0 atom stereocenters. The summed E-state index contributed by atoms with van der Waals surface area (Å²) in [5.74, 6) is -1.53. The average Bonchev–Trinajstić information content (AvgIpc) is 2.27. The summed E-state index contributed by atoms with van der Waals surface area (Å²) in [6, 6.07) is 2.60. The molecule has 1 heterocycles. The van der Waals surface area contributed by atoms with E-state index in [1.165, 1.54) is 19.2 Å². The number of aromatic carboxylic acids is 1. The zero-order valence-corrected chi connectivity index (χ0v) is 8.27. The van der Waals surface area contributed by atoms with Crippen LogP contribution in [-0.2, 0) is 4.74 Å². The standard InChI is InChI=1S/C9H10N2O4/c1-10-7-5(9(14)15-2)3-4-6(11-7)8(12)13/h3-4H,1-2H3,(H,10,11)(H,12,13). The van der Waals surface area contributed by atoms with Gasteiger partial charge in [-0.3, -0.25) is 0 Å². The third-order valence-corrected chi connectivity index (χ3v) is 1.76. The quantitative estimate of drug-likeness (QED) is 0.710. The van der Waals surface area contributed by atoms with Gasteiger partial charge in [-0.15, -0.1) is 0 Å². The molecule has 0 saturated carbocycles. The summed E-state index contributed by atoms with van der Waals surface area (Å²) in [5, 5.41) is 11.3. The van der Waals surface area contributed by atoms with E-state index in [4.69, 9.17) is 5.11 Å². The first-order valence-corrected chi connectivity index (χ1v) is 4.10. The Kier molecular flexibility index (Phi) is 3.22. The number of rotatable bonds is 3. The molecule has 0 radical (unpaired) electrons. The van der Waals surface area contributed by atoms with Crippen LogP contribution in [0.15, 0.2) is 12.1 Å². The molecule has 0 aliphatic rings. The Morgan fingerprint density at radius 2 is 2.13 bits per heavy atom. The summed E-state index contributed by atoms with van der Waals surface area (Å²) in [7, 11) is 2.79. The zero-order valence-electron chi connectivity index (χ0n) is 8.27. The lowest BCUT2D eigenvalue weighted by atomic mass is 10.2. The third kappa shape index (κ3) is 2.22. The highest BCUT2D eigenvalue weighted by molar-refractivity contribution is 5.96. The molecule has 0 saturated heterocycles. The van der Waals surface area contributed by atoms with Crippen LogP contribution in [0.5, 0.6) is 0 Å². The van der Waals surface area contributed by atoms with Gasteiger partial charge in [-0.2, -0.15) is 0 Å². The summed E-state index contributed by atoms with van der Waals surface area (Å²) in [5.41, 5.74) is 0.0667. The van der Waals surface area contributed by atoms with E-state index in [0.717, 1.165) is 0 Å². The van der Waals surface area contributed by atoms with Gasteiger partial charge < -0.3 is 15.2 Å². The predicted molar refractivity (Wildman–Crippen MR) is 52.1 cm³/mol. The molecule has 1 rings (SSSR count). The summed E-state index contributed by atoms with van der Waals surface area (Å²) in [6.45, 7) is 0. The number of nitrogens with one attached hydrogen (secondary N) is 1. The van der Waals surface area contributed by atoms with Crippen molar-refractivity contribution in [3.8, 4) is 0 Å². The van der Waals surface area contributed by atoms with E-state index >= 15 is 0 Å². The molecule has 0 fully saturated rings. The summed E-state index contributed by atoms with van der Waals surface area (Å²) in [6.07, 6.45) is 0. The minimum Gasteiger partial charge on any atom is -0.477 e. The van der Waals surface area contributed by atoms with Gasteiger partial charge in [0.2, 0.25) is 0 Å². The summed E-state index contributed by atoms with van der Waals surface area (Å²) >= 11 is 0. The first-order valence-electron chi connectivity index (χ1n) is 4.10. The average molecular weight is 210 g/mol. The Bertz CT molecular complexity index is 403. The number of ether oxygens (including phenoxy) is 1. The second-order valence-electron chi connectivity index (χ2n) is 2.64. The fraction of sp³-hybridized carbons (Fsp3) is 0.222. The monoisotopic (exact) mass is 210 g/mol. The molecule has 2 N–H and O–H groups in total. The molecular weight excluding hydrogens is 200 g/mol. The van der Waals surface area contributed by atoms with Gasteiger partial charge in [0.05, 0.1) is 7.11 Å². The minimum atomic E-state index is -1.15. The van der Waals surface area contributed by atoms with Crippen molar-refractivity contribution in [1.82, 2.24) is 4.98 Å². The van der Waals surface area contributed by atoms with Gasteiger partial charge in [-0.05, 0) is 12.1 Å². The van der Waals surface area contributed by atoms with Crippen LogP contribution < -0.4 is 5.32 Å². The molecule has 0 spiro atoms. The number of hydrogen-bond donors (Lipinski definition) is 2. The summed E-state index contributed by atoms with van der Waals surface area (Å²) < 4.78 is 4.51. The minimum absolute atomic E-state index is 0.132. The van der Waals surface area contributed by atoms with Crippen molar-refractivity contribution < 1.29 is 19.4 Å². The Morgan fingerprint density at radius 1 is 1.47 bits per heavy atom. The largest absolute Gasteiger partial charge is 0.477 e. The fourth-order valence-electron chi connectivity index (χ4n) is 1.04. The second kappa shape index (κ2) is 4.41. The SMILES string of the molecule is CNc1nc(C(=O)O)ccc1C(=O)OC. The van der Waals surface area contributed by atoms with E-state index < -0.39 is 11.9 Å². The van der Waals surface area contributed by atoms with E-state index in [1.54, 1.807) is 7.05 Å². The van der Waals surface area contributed by atoms with Crippen molar-refractivity contribution in [3.63, 3.8) is 0 Å². The molecule has 1 aromatic rings. The van der Waals surface area contributed by atoms with Gasteiger partial charge >= 0.3 is 11.9 Å². The van der Waals surface area contributed by atoms with Crippen LogP contribution in [0.4, 0.5) is 5.82 Å². The number of anilines is 1. The first-order chi connectivity index (χ1) is 7.10. The molecule has 0 aliphatic heterocycles. The molecule has 0 amide bonds. The fourth-order valence-corrected chi connectivity index (χ4v) is 1.04. The molecule has 0 aliphatic carbocycles. The van der Waals surface area contributed by atoms with Gasteiger partial charge in [0, 0.05) is 7.05 Å². The lowest BCUT2D eigenvalue weighted by molar-refractivity contribution is 0.0598. The Labute approximate surface area is 85.9 Å². The van der Waals surface area contributed by atoms with Crippen molar-refractivity contribution in [3.05, 3.63) is 23.4 Å². The molecule has 1 aromatic heterocycles. The number of carboxylic acid groups (broad SMARTS) is 1. The smallest absolute Gasteiger partial charge is 0.354 e. The molecule has 0 bridgehead atoms. The highest BCUT2D eigenvalue weighted by Crippen LogP contribution is 2.14. The van der Waals surface area contributed by atoms with Crippen molar-refractivity contribution in [2.45, 2.75) is 0 Å². The van der Waals surface area contributed by atoms with Crippen LogP contribution in [0.1, 0.15) is 20.8 Å². The number of methoxy groups -OCH3 is 1. The van der Waals surface area contributed by atoms with E-state index in [9.17, 15) is 9.59 Å². The van der Waals surface area contributed by atoms with Crippen LogP contribution in [0.2, 0.25) is 0 Å². The van der Waals surface area contributed by atoms with Crippen LogP contribution in [0.3, 0.4) is 0 Å². The third-order valence-electron chi connectivity index (χ3n) is 1.76. The van der Waals surface area contributed by atoms with Crippen molar-refractivity contribution in [2.75, 3.05) is 19.5 Å². The molecule has 15 heavy (non-hydrogen) atoms. The molecule has 6 nitrogen and oxygen atoms in total. The number of pyridine rings is 1. The normalized spacial score (nSPS) is 9.47. The molecule has 0 unspecified atom stereocenters. The lowest BCUT2D eigenvalue weighted by Crippen LogP contribution is -2.10. The molecule has 80 valence electrons. The number of hydrogen-bond acceptors (Lipinski definition) is 5. The maximum absolute atomic E-state index is 11.2. The number of aromatic nitrogens is 1. The molecular formula is C9H10N2O4. The van der Waals surface area contributed by atoms with Crippen LogP contribution >= 0.6 is 0 Å². The van der Waals surface area contributed by atoms with Gasteiger partial charge in [0.1, 0.15) is 11.4 Å². The highest BCUT2D eigenvalue weighted by atomic mass is 16.5. The maximum Gasteiger partial charge on any atom is 0.354 e. The number of carboxylic acids is 1. The van der Waals surface area contributed by atoms with E-state index in [2.05, 4.69) is 15.0 Å². The van der Waals surface area contributed by atoms with Crippen LogP contribution in [0.25, 0.3) is 0 Å². The van der Waals surface area contributed by atoms with Crippen LogP contribution in [-0.4, -0.2) is 36.2 Å². The van der Waals surface area contributed by atoms with Crippen molar-refractivity contribution >= 4 is 17.8 Å².